The van der Waals surface area contributed by atoms with E-state index in [1.807, 2.05) is 30.5 Å². The number of likely N-dealkylation sites (N-methyl/N-ethyl adjacent to an activating group) is 1. The predicted molar refractivity (Wildman–Crippen MR) is 106 cm³/mol. The predicted octanol–water partition coefficient (Wildman–Crippen LogP) is 3.75. The summed E-state index contributed by atoms with van der Waals surface area (Å²) in [5.41, 5.74) is 2.08. The monoisotopic (exact) mass is 368 g/mol. The molecular weight excluding hydrogens is 343 g/mol. The number of nitrogens with zero attached hydrogens (tertiary/aromatic N) is 3. The molecule has 6 heteroatoms. The van der Waals surface area contributed by atoms with Gasteiger partial charge in [-0.15, -0.1) is 12.4 Å². The molecule has 1 saturated heterocycles. The van der Waals surface area contributed by atoms with Crippen LogP contribution in [0.5, 0.6) is 0 Å². The summed E-state index contributed by atoms with van der Waals surface area (Å²) in [7, 11) is 0. The molecule has 0 bridgehead atoms. The smallest absolute Gasteiger partial charge is 0.0737 e. The first-order chi connectivity index (χ1) is 11.3. The van der Waals surface area contributed by atoms with Gasteiger partial charge in [-0.3, -0.25) is 4.98 Å². The van der Waals surface area contributed by atoms with Crippen molar-refractivity contribution in [3.8, 4) is 0 Å². The van der Waals surface area contributed by atoms with Gasteiger partial charge in [0, 0.05) is 55.0 Å². The Bertz CT molecular complexity index is 642. The highest BCUT2D eigenvalue weighted by molar-refractivity contribution is 6.31. The van der Waals surface area contributed by atoms with Crippen molar-refractivity contribution in [2.75, 3.05) is 51.1 Å². The number of rotatable bonds is 6. The molecule has 1 aliphatic rings. The summed E-state index contributed by atoms with van der Waals surface area (Å²) in [6.45, 7) is 10.4. The van der Waals surface area contributed by atoms with Gasteiger partial charge in [0.2, 0.25) is 0 Å². The van der Waals surface area contributed by atoms with E-state index < -0.39 is 0 Å². The van der Waals surface area contributed by atoms with Crippen LogP contribution in [0.25, 0.3) is 10.9 Å². The quantitative estimate of drug-likeness (QED) is 0.786. The van der Waals surface area contributed by atoms with E-state index in [0.29, 0.717) is 0 Å². The van der Waals surface area contributed by atoms with Crippen molar-refractivity contribution in [1.29, 1.82) is 0 Å². The lowest BCUT2D eigenvalue weighted by Crippen LogP contribution is -2.46. The second-order valence-electron chi connectivity index (χ2n) is 6.08. The molecule has 1 aromatic carbocycles. The Morgan fingerprint density at radius 2 is 1.88 bits per heavy atom. The van der Waals surface area contributed by atoms with E-state index in [-0.39, 0.29) is 12.4 Å². The standard InChI is InChI=1S/C18H25ClN4.ClH/c1-2-22-10-12-23(13-11-22)9-3-7-20-17-6-8-21-18-14-15(19)4-5-16(17)18;/h4-6,8,14H,2-3,7,9-13H2,1H3,(H,20,21);1H. The molecular formula is C18H26Cl2N4. The van der Waals surface area contributed by atoms with E-state index in [1.165, 1.54) is 39.3 Å². The first kappa shape index (κ1) is 19.3. The van der Waals surface area contributed by atoms with E-state index in [0.717, 1.165) is 34.6 Å². The number of hydrogen-bond donors (Lipinski definition) is 1. The van der Waals surface area contributed by atoms with Crippen LogP contribution in [-0.2, 0) is 0 Å². The number of hydrogen-bond acceptors (Lipinski definition) is 4. The fourth-order valence-electron chi connectivity index (χ4n) is 3.13. The van der Waals surface area contributed by atoms with Crippen LogP contribution in [0, 0.1) is 0 Å². The third kappa shape index (κ3) is 4.96. The molecule has 24 heavy (non-hydrogen) atoms. The van der Waals surface area contributed by atoms with Gasteiger partial charge in [0.25, 0.3) is 0 Å². The fourth-order valence-corrected chi connectivity index (χ4v) is 3.30. The topological polar surface area (TPSA) is 31.4 Å². The highest BCUT2D eigenvalue weighted by Crippen LogP contribution is 2.24. The third-order valence-electron chi connectivity index (χ3n) is 4.58. The minimum Gasteiger partial charge on any atom is -0.384 e. The number of halogens is 2. The third-order valence-corrected chi connectivity index (χ3v) is 4.82. The van der Waals surface area contributed by atoms with Gasteiger partial charge in [-0.2, -0.15) is 0 Å². The van der Waals surface area contributed by atoms with Gasteiger partial charge >= 0.3 is 0 Å². The fraction of sp³-hybridized carbons (Fsp3) is 0.500. The summed E-state index contributed by atoms with van der Waals surface area (Å²) in [4.78, 5) is 9.47. The molecule has 0 unspecified atom stereocenters. The summed E-state index contributed by atoms with van der Waals surface area (Å²) < 4.78 is 0. The number of pyridine rings is 1. The Hall–Kier alpha value is -1.07. The molecule has 132 valence electrons. The minimum absolute atomic E-state index is 0. The second-order valence-corrected chi connectivity index (χ2v) is 6.51. The van der Waals surface area contributed by atoms with Gasteiger partial charge in [0.15, 0.2) is 0 Å². The zero-order chi connectivity index (χ0) is 16.1. The van der Waals surface area contributed by atoms with Crippen LogP contribution >= 0.6 is 24.0 Å². The molecule has 1 aliphatic heterocycles. The Balaban J connectivity index is 0.00000208. The molecule has 3 rings (SSSR count). The van der Waals surface area contributed by atoms with Gasteiger partial charge in [-0.05, 0) is 43.8 Å². The van der Waals surface area contributed by atoms with Crippen LogP contribution in [0.15, 0.2) is 30.5 Å². The SMILES string of the molecule is CCN1CCN(CCCNc2ccnc3cc(Cl)ccc23)CC1.Cl. The van der Waals surface area contributed by atoms with Crippen molar-refractivity contribution >= 4 is 40.6 Å². The van der Waals surface area contributed by atoms with Gasteiger partial charge in [0.1, 0.15) is 0 Å². The van der Waals surface area contributed by atoms with Crippen molar-refractivity contribution in [3.05, 3.63) is 35.5 Å². The maximum absolute atomic E-state index is 6.04. The Kier molecular flexibility index (Phi) is 7.56. The Labute approximate surface area is 155 Å². The van der Waals surface area contributed by atoms with Crippen LogP contribution in [0.1, 0.15) is 13.3 Å². The largest absolute Gasteiger partial charge is 0.384 e. The van der Waals surface area contributed by atoms with E-state index in [9.17, 15) is 0 Å². The highest BCUT2D eigenvalue weighted by Gasteiger charge is 2.14. The van der Waals surface area contributed by atoms with Crippen molar-refractivity contribution in [2.45, 2.75) is 13.3 Å². The zero-order valence-electron chi connectivity index (χ0n) is 14.2. The highest BCUT2D eigenvalue weighted by atomic mass is 35.5. The lowest BCUT2D eigenvalue weighted by molar-refractivity contribution is 0.137. The number of anilines is 1. The van der Waals surface area contributed by atoms with Crippen molar-refractivity contribution < 1.29 is 0 Å². The molecule has 1 fully saturated rings. The van der Waals surface area contributed by atoms with Crippen LogP contribution in [0.2, 0.25) is 5.02 Å². The van der Waals surface area contributed by atoms with E-state index in [2.05, 4.69) is 27.0 Å². The summed E-state index contributed by atoms with van der Waals surface area (Å²) in [5, 5.41) is 5.41. The van der Waals surface area contributed by atoms with Crippen molar-refractivity contribution in [2.24, 2.45) is 0 Å². The van der Waals surface area contributed by atoms with Gasteiger partial charge in [-0.25, -0.2) is 0 Å². The molecule has 4 nitrogen and oxygen atoms in total. The molecule has 0 saturated carbocycles. The number of aromatic nitrogens is 1. The first-order valence-corrected chi connectivity index (χ1v) is 8.87. The summed E-state index contributed by atoms with van der Waals surface area (Å²) in [6, 6.07) is 7.91. The molecule has 0 amide bonds. The number of nitrogens with one attached hydrogen (secondary N) is 1. The normalized spacial score (nSPS) is 16.1. The first-order valence-electron chi connectivity index (χ1n) is 8.49. The molecule has 0 spiro atoms. The number of fused-ring (bicyclic) bond motifs is 1. The lowest BCUT2D eigenvalue weighted by Gasteiger charge is -2.34. The van der Waals surface area contributed by atoms with Crippen molar-refractivity contribution in [1.82, 2.24) is 14.8 Å². The maximum Gasteiger partial charge on any atom is 0.0737 e. The van der Waals surface area contributed by atoms with E-state index >= 15 is 0 Å². The summed E-state index contributed by atoms with van der Waals surface area (Å²) in [6.07, 6.45) is 2.99. The molecule has 1 N–H and O–H groups in total. The number of piperazine rings is 1. The average Bonchev–Trinajstić information content (AvgIpc) is 2.59. The lowest BCUT2D eigenvalue weighted by atomic mass is 10.2. The van der Waals surface area contributed by atoms with Gasteiger partial charge < -0.3 is 15.1 Å². The van der Waals surface area contributed by atoms with Gasteiger partial charge in [0.05, 0.1) is 5.52 Å². The van der Waals surface area contributed by atoms with Crippen molar-refractivity contribution in [3.63, 3.8) is 0 Å². The van der Waals surface area contributed by atoms with Crippen LogP contribution in [0.3, 0.4) is 0 Å². The van der Waals surface area contributed by atoms with Crippen LogP contribution in [-0.4, -0.2) is 60.6 Å². The number of benzene rings is 1. The van der Waals surface area contributed by atoms with E-state index in [1.54, 1.807) is 0 Å². The molecule has 2 heterocycles. The Morgan fingerprint density at radius 1 is 1.12 bits per heavy atom. The van der Waals surface area contributed by atoms with Crippen LogP contribution < -0.4 is 5.32 Å². The van der Waals surface area contributed by atoms with E-state index in [4.69, 9.17) is 11.6 Å². The molecule has 2 aromatic rings. The van der Waals surface area contributed by atoms with Crippen LogP contribution in [0.4, 0.5) is 5.69 Å². The average molecular weight is 369 g/mol. The van der Waals surface area contributed by atoms with Gasteiger partial charge in [-0.1, -0.05) is 18.5 Å². The zero-order valence-corrected chi connectivity index (χ0v) is 15.7. The molecule has 0 radical (unpaired) electrons. The minimum atomic E-state index is 0. The Morgan fingerprint density at radius 3 is 2.62 bits per heavy atom. The molecule has 0 atom stereocenters. The summed E-state index contributed by atoms with van der Waals surface area (Å²) >= 11 is 6.04. The molecule has 1 aromatic heterocycles. The summed E-state index contributed by atoms with van der Waals surface area (Å²) in [5.74, 6) is 0. The molecule has 0 aliphatic carbocycles. The maximum atomic E-state index is 6.04. The second kappa shape index (κ2) is 9.42.